The van der Waals surface area contributed by atoms with Gasteiger partial charge in [-0.25, -0.2) is 0 Å². The van der Waals surface area contributed by atoms with E-state index in [0.29, 0.717) is 6.42 Å². The molecule has 0 saturated carbocycles. The molecular formula is C10H22N2O3. The van der Waals surface area contributed by atoms with Crippen LogP contribution < -0.4 is 11.1 Å². The summed E-state index contributed by atoms with van der Waals surface area (Å²) in [5.74, 6) is -0.257. The Morgan fingerprint density at radius 2 is 1.80 bits per heavy atom. The van der Waals surface area contributed by atoms with Crippen molar-refractivity contribution >= 4 is 5.91 Å². The Hall–Kier alpha value is -0.650. The summed E-state index contributed by atoms with van der Waals surface area (Å²) in [7, 11) is 0. The molecule has 0 aromatic rings. The van der Waals surface area contributed by atoms with Crippen molar-refractivity contribution in [2.45, 2.75) is 44.7 Å². The highest BCUT2D eigenvalue weighted by molar-refractivity contribution is 5.78. The van der Waals surface area contributed by atoms with Crippen LogP contribution in [0.3, 0.4) is 0 Å². The van der Waals surface area contributed by atoms with E-state index >= 15 is 0 Å². The topological polar surface area (TPSA) is 95.6 Å². The van der Waals surface area contributed by atoms with E-state index in [9.17, 15) is 4.79 Å². The molecular weight excluding hydrogens is 196 g/mol. The molecule has 0 aliphatic heterocycles. The largest absolute Gasteiger partial charge is 0.394 e. The Bertz CT molecular complexity index is 199. The number of carbonyl (C=O) groups excluding carboxylic acids is 1. The lowest BCUT2D eigenvalue weighted by Crippen LogP contribution is -2.55. The van der Waals surface area contributed by atoms with Crippen LogP contribution in [-0.4, -0.2) is 40.4 Å². The summed E-state index contributed by atoms with van der Waals surface area (Å²) in [6.07, 6.45) is 0.630. The number of carbonyl (C=O) groups is 1. The fourth-order valence-corrected chi connectivity index (χ4v) is 1.19. The van der Waals surface area contributed by atoms with Gasteiger partial charge in [0.15, 0.2) is 0 Å². The first kappa shape index (κ1) is 14.3. The van der Waals surface area contributed by atoms with E-state index in [4.69, 9.17) is 15.9 Å². The maximum Gasteiger partial charge on any atom is 0.222 e. The van der Waals surface area contributed by atoms with E-state index in [2.05, 4.69) is 5.32 Å². The maximum absolute atomic E-state index is 11.5. The fourth-order valence-electron chi connectivity index (χ4n) is 1.19. The number of nitrogens with two attached hydrogens (primary N) is 1. The van der Waals surface area contributed by atoms with Crippen molar-refractivity contribution in [2.24, 2.45) is 5.73 Å². The molecule has 0 bridgehead atoms. The molecule has 0 saturated heterocycles. The van der Waals surface area contributed by atoms with Crippen LogP contribution in [0.5, 0.6) is 0 Å². The monoisotopic (exact) mass is 218 g/mol. The number of aliphatic hydroxyl groups is 2. The second-order valence-electron chi connectivity index (χ2n) is 4.66. The Labute approximate surface area is 90.7 Å². The van der Waals surface area contributed by atoms with Crippen molar-refractivity contribution in [3.05, 3.63) is 0 Å². The van der Waals surface area contributed by atoms with Gasteiger partial charge < -0.3 is 21.3 Å². The normalized spacial score (nSPS) is 12.7. The highest BCUT2D eigenvalue weighted by Gasteiger charge is 2.29. The molecule has 0 rings (SSSR count). The average molecular weight is 218 g/mol. The van der Waals surface area contributed by atoms with Gasteiger partial charge in [0.2, 0.25) is 5.91 Å². The van der Waals surface area contributed by atoms with Gasteiger partial charge >= 0.3 is 0 Å². The molecule has 0 aliphatic rings. The third-order valence-electron chi connectivity index (χ3n) is 2.30. The Balaban J connectivity index is 4.36. The first-order valence-electron chi connectivity index (χ1n) is 5.10. The van der Waals surface area contributed by atoms with Gasteiger partial charge in [-0.05, 0) is 20.3 Å². The lowest BCUT2D eigenvalue weighted by atomic mass is 9.96. The smallest absolute Gasteiger partial charge is 0.222 e. The SMILES string of the molecule is CCC(CO)(CO)NC(=O)CC(C)(C)N. The van der Waals surface area contributed by atoms with Crippen molar-refractivity contribution in [3.63, 3.8) is 0 Å². The zero-order chi connectivity index (χ0) is 12.1. The summed E-state index contributed by atoms with van der Waals surface area (Å²) in [5, 5.41) is 20.9. The first-order valence-corrected chi connectivity index (χ1v) is 5.10. The minimum atomic E-state index is -0.928. The predicted octanol–water partition coefficient (Wildman–Crippen LogP) is -0.637. The van der Waals surface area contributed by atoms with Crippen molar-refractivity contribution in [1.29, 1.82) is 0 Å². The number of hydrogen-bond donors (Lipinski definition) is 4. The number of hydrogen-bond acceptors (Lipinski definition) is 4. The van der Waals surface area contributed by atoms with Gasteiger partial charge in [0.25, 0.3) is 0 Å². The van der Waals surface area contributed by atoms with Crippen molar-refractivity contribution in [2.75, 3.05) is 13.2 Å². The Morgan fingerprint density at radius 3 is 2.07 bits per heavy atom. The molecule has 1 amide bonds. The number of nitrogens with one attached hydrogen (secondary N) is 1. The Kier molecular flexibility index (Phi) is 5.20. The number of rotatable bonds is 6. The van der Waals surface area contributed by atoms with Gasteiger partial charge in [-0.15, -0.1) is 0 Å². The van der Waals surface area contributed by atoms with E-state index in [-0.39, 0.29) is 25.5 Å². The molecule has 5 heteroatoms. The molecule has 0 fully saturated rings. The fraction of sp³-hybridized carbons (Fsp3) is 0.900. The van der Waals surface area contributed by atoms with Gasteiger partial charge in [0.05, 0.1) is 18.8 Å². The summed E-state index contributed by atoms with van der Waals surface area (Å²) in [4.78, 5) is 11.5. The summed E-state index contributed by atoms with van der Waals surface area (Å²) in [5.41, 5.74) is 4.18. The van der Waals surface area contributed by atoms with Crippen LogP contribution in [0.4, 0.5) is 0 Å². The second kappa shape index (κ2) is 5.44. The summed E-state index contributed by atoms with van der Waals surface area (Å²) >= 11 is 0. The third-order valence-corrected chi connectivity index (χ3v) is 2.30. The van der Waals surface area contributed by atoms with Crippen LogP contribution in [0.25, 0.3) is 0 Å². The van der Waals surface area contributed by atoms with Gasteiger partial charge in [0.1, 0.15) is 0 Å². The van der Waals surface area contributed by atoms with E-state index in [1.54, 1.807) is 20.8 Å². The highest BCUT2D eigenvalue weighted by Crippen LogP contribution is 2.10. The third kappa shape index (κ3) is 5.11. The van der Waals surface area contributed by atoms with Crippen LogP contribution >= 0.6 is 0 Å². The van der Waals surface area contributed by atoms with Gasteiger partial charge in [-0.3, -0.25) is 4.79 Å². The van der Waals surface area contributed by atoms with Crippen LogP contribution in [0.1, 0.15) is 33.6 Å². The predicted molar refractivity (Wildman–Crippen MR) is 58.2 cm³/mol. The molecule has 90 valence electrons. The molecule has 0 heterocycles. The highest BCUT2D eigenvalue weighted by atomic mass is 16.3. The molecule has 0 aliphatic carbocycles. The maximum atomic E-state index is 11.5. The molecule has 0 unspecified atom stereocenters. The summed E-state index contributed by atoms with van der Waals surface area (Å²) in [6, 6.07) is 0. The van der Waals surface area contributed by atoms with E-state index in [0.717, 1.165) is 0 Å². The summed E-state index contributed by atoms with van der Waals surface area (Å²) in [6.45, 7) is 4.73. The van der Waals surface area contributed by atoms with Crippen LogP contribution in [0.2, 0.25) is 0 Å². The van der Waals surface area contributed by atoms with Crippen molar-refractivity contribution < 1.29 is 15.0 Å². The molecule has 15 heavy (non-hydrogen) atoms. The lowest BCUT2D eigenvalue weighted by Gasteiger charge is -2.31. The van der Waals surface area contributed by atoms with Gasteiger partial charge in [0, 0.05) is 12.0 Å². The van der Waals surface area contributed by atoms with Crippen LogP contribution in [-0.2, 0) is 4.79 Å². The number of aliphatic hydroxyl groups excluding tert-OH is 2. The second-order valence-corrected chi connectivity index (χ2v) is 4.66. The molecule has 5 nitrogen and oxygen atoms in total. The van der Waals surface area contributed by atoms with Crippen LogP contribution in [0, 0.1) is 0 Å². The molecule has 0 atom stereocenters. The molecule has 5 N–H and O–H groups in total. The molecule has 0 spiro atoms. The minimum Gasteiger partial charge on any atom is -0.394 e. The standard InChI is InChI=1S/C10H22N2O3/c1-4-10(6-13,7-14)12-8(15)5-9(2,3)11/h13-14H,4-7,11H2,1-3H3,(H,12,15). The lowest BCUT2D eigenvalue weighted by molar-refractivity contribution is -0.125. The zero-order valence-electron chi connectivity index (χ0n) is 9.71. The van der Waals surface area contributed by atoms with E-state index in [1.807, 2.05) is 0 Å². The van der Waals surface area contributed by atoms with Crippen molar-refractivity contribution in [1.82, 2.24) is 5.32 Å². The first-order chi connectivity index (χ1) is 6.78. The van der Waals surface area contributed by atoms with E-state index < -0.39 is 11.1 Å². The molecule has 0 aromatic carbocycles. The molecule has 0 radical (unpaired) electrons. The van der Waals surface area contributed by atoms with Crippen molar-refractivity contribution in [3.8, 4) is 0 Å². The molecule has 0 aromatic heterocycles. The quantitative estimate of drug-likeness (QED) is 0.477. The zero-order valence-corrected chi connectivity index (χ0v) is 9.71. The van der Waals surface area contributed by atoms with Crippen LogP contribution in [0.15, 0.2) is 0 Å². The number of amides is 1. The summed E-state index contributed by atoms with van der Waals surface area (Å²) < 4.78 is 0. The minimum absolute atomic E-state index is 0.161. The van der Waals surface area contributed by atoms with Gasteiger partial charge in [-0.2, -0.15) is 0 Å². The van der Waals surface area contributed by atoms with Gasteiger partial charge in [-0.1, -0.05) is 6.92 Å². The van der Waals surface area contributed by atoms with E-state index in [1.165, 1.54) is 0 Å². The average Bonchev–Trinajstić information content (AvgIpc) is 2.11. The Morgan fingerprint density at radius 1 is 1.33 bits per heavy atom.